The molecule has 0 aliphatic heterocycles. The van der Waals surface area contributed by atoms with E-state index in [1.165, 1.54) is 28.4 Å². The van der Waals surface area contributed by atoms with Gasteiger partial charge >= 0.3 is 0 Å². The third kappa shape index (κ3) is 4.37. The first-order valence-electron chi connectivity index (χ1n) is 8.83. The topological polar surface area (TPSA) is 72.1 Å². The number of anilines is 1. The lowest BCUT2D eigenvalue weighted by Crippen LogP contribution is -2.32. The summed E-state index contributed by atoms with van der Waals surface area (Å²) in [6, 6.07) is 13.7. The molecule has 0 fully saturated rings. The van der Waals surface area contributed by atoms with Crippen molar-refractivity contribution >= 4 is 22.4 Å². The van der Waals surface area contributed by atoms with Crippen LogP contribution in [0.1, 0.15) is 35.7 Å². The van der Waals surface area contributed by atoms with Crippen LogP contribution in [0.4, 0.5) is 9.52 Å². The first-order valence-corrected chi connectivity index (χ1v) is 9.65. The van der Waals surface area contributed by atoms with E-state index in [-0.39, 0.29) is 5.56 Å². The summed E-state index contributed by atoms with van der Waals surface area (Å²) in [6.45, 7) is 2.98. The van der Waals surface area contributed by atoms with E-state index in [9.17, 15) is 9.18 Å². The molecular formula is C20H21FN4OS. The van der Waals surface area contributed by atoms with E-state index in [0.717, 1.165) is 24.0 Å². The molecule has 5 nitrogen and oxygen atoms in total. The zero-order valence-electron chi connectivity index (χ0n) is 15.1. The molecule has 0 saturated heterocycles. The highest BCUT2D eigenvalue weighted by atomic mass is 32.1. The van der Waals surface area contributed by atoms with Gasteiger partial charge in [-0.1, -0.05) is 61.1 Å². The van der Waals surface area contributed by atoms with E-state index in [1.807, 2.05) is 31.2 Å². The van der Waals surface area contributed by atoms with Gasteiger partial charge in [0.05, 0.1) is 5.56 Å². The number of unbranched alkanes of at least 4 members (excludes halogenated alkanes) is 1. The summed E-state index contributed by atoms with van der Waals surface area (Å²) in [5, 5.41) is 9.58. The second kappa shape index (κ2) is 8.83. The number of nitrogens with two attached hydrogens (primary N) is 1. The maximum atomic E-state index is 14.1. The van der Waals surface area contributed by atoms with E-state index in [2.05, 4.69) is 10.2 Å². The third-order valence-electron chi connectivity index (χ3n) is 4.17. The van der Waals surface area contributed by atoms with Crippen LogP contribution in [0.3, 0.4) is 0 Å². The van der Waals surface area contributed by atoms with E-state index in [1.54, 1.807) is 12.1 Å². The van der Waals surface area contributed by atoms with Gasteiger partial charge in [0, 0.05) is 18.7 Å². The van der Waals surface area contributed by atoms with Gasteiger partial charge in [-0.3, -0.25) is 9.69 Å². The van der Waals surface area contributed by atoms with Gasteiger partial charge in [0.15, 0.2) is 0 Å². The molecule has 1 heterocycles. The molecule has 0 atom stereocenters. The van der Waals surface area contributed by atoms with Crippen molar-refractivity contribution in [2.24, 2.45) is 5.73 Å². The van der Waals surface area contributed by atoms with Crippen molar-refractivity contribution in [3.05, 3.63) is 65.5 Å². The molecule has 0 radical (unpaired) electrons. The lowest BCUT2D eigenvalue weighted by Gasteiger charge is -2.19. The molecule has 0 aliphatic rings. The first kappa shape index (κ1) is 19.1. The molecule has 7 heteroatoms. The van der Waals surface area contributed by atoms with Crippen LogP contribution in [0.2, 0.25) is 0 Å². The van der Waals surface area contributed by atoms with Crippen LogP contribution >= 0.6 is 11.3 Å². The van der Waals surface area contributed by atoms with Gasteiger partial charge < -0.3 is 5.73 Å². The summed E-state index contributed by atoms with van der Waals surface area (Å²) in [6.07, 6.45) is 1.70. The van der Waals surface area contributed by atoms with E-state index >= 15 is 0 Å². The fourth-order valence-corrected chi connectivity index (χ4v) is 3.48. The number of rotatable bonds is 7. The largest absolute Gasteiger partial charge is 0.326 e. The maximum Gasteiger partial charge on any atom is 0.263 e. The minimum Gasteiger partial charge on any atom is -0.326 e. The van der Waals surface area contributed by atoms with Gasteiger partial charge in [0.25, 0.3) is 5.91 Å². The Kier molecular flexibility index (Phi) is 6.26. The summed E-state index contributed by atoms with van der Waals surface area (Å²) in [7, 11) is 0. The monoisotopic (exact) mass is 384 g/mol. The molecule has 0 unspecified atom stereocenters. The number of aromatic nitrogens is 2. The van der Waals surface area contributed by atoms with Crippen molar-refractivity contribution in [3.8, 4) is 10.6 Å². The number of nitrogens with zero attached hydrogens (tertiary/aromatic N) is 3. The zero-order chi connectivity index (χ0) is 19.2. The van der Waals surface area contributed by atoms with Gasteiger partial charge in [-0.25, -0.2) is 4.39 Å². The number of hydrogen-bond acceptors (Lipinski definition) is 5. The van der Waals surface area contributed by atoms with Gasteiger partial charge in [-0.05, 0) is 24.1 Å². The molecular weight excluding hydrogens is 363 g/mol. The Bertz CT molecular complexity index is 910. The summed E-state index contributed by atoms with van der Waals surface area (Å²) < 4.78 is 14.1. The van der Waals surface area contributed by atoms with Crippen LogP contribution in [-0.2, 0) is 6.54 Å². The predicted molar refractivity (Wildman–Crippen MR) is 106 cm³/mol. The van der Waals surface area contributed by atoms with Crippen molar-refractivity contribution in [2.75, 3.05) is 11.4 Å². The van der Waals surface area contributed by atoms with Crippen molar-refractivity contribution in [1.82, 2.24) is 10.2 Å². The quantitative estimate of drug-likeness (QED) is 0.661. The minimum atomic E-state index is -0.536. The highest BCUT2D eigenvalue weighted by Crippen LogP contribution is 2.30. The summed E-state index contributed by atoms with van der Waals surface area (Å²) in [5.74, 6) is -0.936. The normalized spacial score (nSPS) is 10.8. The van der Waals surface area contributed by atoms with Crippen LogP contribution in [0.25, 0.3) is 10.6 Å². The molecule has 0 aliphatic carbocycles. The van der Waals surface area contributed by atoms with Crippen molar-refractivity contribution in [2.45, 2.75) is 26.3 Å². The van der Waals surface area contributed by atoms with Gasteiger partial charge in [0.1, 0.15) is 10.8 Å². The minimum absolute atomic E-state index is 0.0395. The average Bonchev–Trinajstić information content (AvgIpc) is 3.18. The van der Waals surface area contributed by atoms with Crippen molar-refractivity contribution in [1.29, 1.82) is 0 Å². The summed E-state index contributed by atoms with van der Waals surface area (Å²) in [4.78, 5) is 14.4. The molecule has 1 amide bonds. The number of carbonyl (C=O) groups is 1. The molecule has 3 rings (SSSR count). The summed E-state index contributed by atoms with van der Waals surface area (Å²) in [5.41, 5.74) is 7.61. The van der Waals surface area contributed by atoms with Crippen LogP contribution in [-0.4, -0.2) is 22.6 Å². The van der Waals surface area contributed by atoms with Gasteiger partial charge in [-0.2, -0.15) is 0 Å². The molecule has 1 aromatic heterocycles. The van der Waals surface area contributed by atoms with E-state index in [0.29, 0.717) is 23.2 Å². The Balaban J connectivity index is 1.90. The molecule has 2 aromatic carbocycles. The van der Waals surface area contributed by atoms with Gasteiger partial charge in [-0.15, -0.1) is 10.2 Å². The molecule has 0 bridgehead atoms. The van der Waals surface area contributed by atoms with Crippen LogP contribution in [0.15, 0.2) is 48.5 Å². The molecule has 0 spiro atoms. The smallest absolute Gasteiger partial charge is 0.263 e. The number of carbonyl (C=O) groups excluding carboxylic acids is 1. The Labute approximate surface area is 161 Å². The highest BCUT2D eigenvalue weighted by Gasteiger charge is 2.23. The third-order valence-corrected chi connectivity index (χ3v) is 5.16. The van der Waals surface area contributed by atoms with Crippen LogP contribution in [0.5, 0.6) is 0 Å². The molecule has 27 heavy (non-hydrogen) atoms. The Morgan fingerprint density at radius 3 is 2.56 bits per heavy atom. The van der Waals surface area contributed by atoms with Crippen molar-refractivity contribution < 1.29 is 9.18 Å². The number of hydrogen-bond donors (Lipinski definition) is 1. The molecule has 2 N–H and O–H groups in total. The number of benzene rings is 2. The SMILES string of the molecule is CCCCN(C(=O)c1ccccc1F)c1nnc(-c2ccc(CN)cc2)s1. The summed E-state index contributed by atoms with van der Waals surface area (Å²) >= 11 is 1.32. The number of halogens is 1. The second-order valence-electron chi connectivity index (χ2n) is 6.08. The zero-order valence-corrected chi connectivity index (χ0v) is 15.9. The van der Waals surface area contributed by atoms with E-state index < -0.39 is 11.7 Å². The number of amides is 1. The predicted octanol–water partition coefficient (Wildman–Crippen LogP) is 4.25. The van der Waals surface area contributed by atoms with E-state index in [4.69, 9.17) is 5.73 Å². The molecule has 140 valence electrons. The Morgan fingerprint density at radius 1 is 1.15 bits per heavy atom. The molecule has 0 saturated carbocycles. The van der Waals surface area contributed by atoms with Crippen LogP contribution in [0, 0.1) is 5.82 Å². The molecule has 3 aromatic rings. The van der Waals surface area contributed by atoms with Gasteiger partial charge in [0.2, 0.25) is 5.13 Å². The Morgan fingerprint density at radius 2 is 1.89 bits per heavy atom. The fraction of sp³-hybridized carbons (Fsp3) is 0.250. The first-order chi connectivity index (χ1) is 13.1. The Hall–Kier alpha value is -2.64. The van der Waals surface area contributed by atoms with Crippen molar-refractivity contribution in [3.63, 3.8) is 0 Å². The lowest BCUT2D eigenvalue weighted by atomic mass is 10.1. The lowest BCUT2D eigenvalue weighted by molar-refractivity contribution is 0.0982. The maximum absolute atomic E-state index is 14.1. The van der Waals surface area contributed by atoms with Crippen LogP contribution < -0.4 is 10.6 Å². The highest BCUT2D eigenvalue weighted by molar-refractivity contribution is 7.18. The second-order valence-corrected chi connectivity index (χ2v) is 7.04. The standard InChI is InChI=1S/C20H21FN4OS/c1-2-3-12-25(19(26)16-6-4-5-7-17(16)21)20-24-23-18(27-20)15-10-8-14(13-22)9-11-15/h4-11H,2-3,12-13,22H2,1H3. The average molecular weight is 384 g/mol. The fourth-order valence-electron chi connectivity index (χ4n) is 2.60.